The van der Waals surface area contributed by atoms with Crippen LogP contribution < -0.4 is 5.73 Å². The predicted octanol–water partition coefficient (Wildman–Crippen LogP) is 3.39. The zero-order chi connectivity index (χ0) is 12.7. The van der Waals surface area contributed by atoms with Crippen molar-refractivity contribution in [1.29, 1.82) is 0 Å². The van der Waals surface area contributed by atoms with Crippen molar-refractivity contribution in [3.8, 4) is 11.3 Å². The molecule has 1 aromatic carbocycles. The first-order valence-corrected chi connectivity index (χ1v) is 6.67. The van der Waals surface area contributed by atoms with Crippen molar-refractivity contribution in [3.63, 3.8) is 0 Å². The first-order valence-electron chi connectivity index (χ1n) is 5.85. The van der Waals surface area contributed by atoms with Gasteiger partial charge in [-0.1, -0.05) is 19.9 Å². The van der Waals surface area contributed by atoms with Crippen LogP contribution in [-0.4, -0.2) is 15.2 Å². The molecule has 0 atom stereocenters. The van der Waals surface area contributed by atoms with Crippen LogP contribution in [0.2, 0.25) is 0 Å². The van der Waals surface area contributed by atoms with E-state index in [1.807, 2.05) is 6.07 Å². The molecule has 0 bridgehead atoms. The van der Waals surface area contributed by atoms with E-state index in [0.29, 0.717) is 11.7 Å². The van der Waals surface area contributed by atoms with Crippen molar-refractivity contribution in [1.82, 2.24) is 15.2 Å². The number of hydrogen-bond acceptors (Lipinski definition) is 4. The van der Waals surface area contributed by atoms with Crippen LogP contribution in [0.15, 0.2) is 24.3 Å². The molecule has 0 saturated carbocycles. The number of nitrogens with two attached hydrogens (primary N) is 1. The highest BCUT2D eigenvalue weighted by Crippen LogP contribution is 2.30. The average Bonchev–Trinajstić information content (AvgIpc) is 2.93. The summed E-state index contributed by atoms with van der Waals surface area (Å²) < 4.78 is 1.22. The minimum absolute atomic E-state index is 0.466. The number of nitrogens with zero attached hydrogens (tertiary/aromatic N) is 2. The van der Waals surface area contributed by atoms with Gasteiger partial charge < -0.3 is 5.73 Å². The summed E-state index contributed by atoms with van der Waals surface area (Å²) in [5.74, 6) is 0.972. The van der Waals surface area contributed by atoms with E-state index in [1.165, 1.54) is 9.71 Å². The lowest BCUT2D eigenvalue weighted by Gasteiger charge is -1.96. The fourth-order valence-corrected chi connectivity index (χ4v) is 2.80. The molecule has 5 heteroatoms. The maximum Gasteiger partial charge on any atom is 0.145 e. The molecule has 0 aliphatic rings. The zero-order valence-corrected chi connectivity index (χ0v) is 11.1. The van der Waals surface area contributed by atoms with E-state index in [0.717, 1.165) is 16.8 Å². The van der Waals surface area contributed by atoms with Gasteiger partial charge in [-0.2, -0.15) is 5.10 Å². The maximum absolute atomic E-state index is 5.62. The van der Waals surface area contributed by atoms with Gasteiger partial charge in [-0.15, -0.1) is 11.3 Å². The number of H-pyrrole nitrogens is 1. The quantitative estimate of drug-likeness (QED) is 0.740. The number of rotatable bonds is 2. The number of aromatic nitrogens is 3. The van der Waals surface area contributed by atoms with Gasteiger partial charge in [0.15, 0.2) is 0 Å². The fourth-order valence-electron chi connectivity index (χ4n) is 1.84. The number of fused-ring (bicyclic) bond motifs is 1. The van der Waals surface area contributed by atoms with Crippen molar-refractivity contribution in [2.45, 2.75) is 19.8 Å². The third-order valence-corrected chi connectivity index (χ3v) is 4.14. The average molecular weight is 258 g/mol. The Morgan fingerprint density at radius 2 is 2.11 bits per heavy atom. The van der Waals surface area contributed by atoms with Crippen LogP contribution >= 0.6 is 11.3 Å². The summed E-state index contributed by atoms with van der Waals surface area (Å²) in [6.45, 7) is 4.32. The van der Waals surface area contributed by atoms with E-state index in [4.69, 9.17) is 5.73 Å². The Balaban J connectivity index is 2.10. The molecule has 0 unspecified atom stereocenters. The lowest BCUT2D eigenvalue weighted by molar-refractivity contribution is 0.857. The van der Waals surface area contributed by atoms with Crippen LogP contribution in [0.3, 0.4) is 0 Å². The fraction of sp³-hybridized carbons (Fsp3) is 0.231. The van der Waals surface area contributed by atoms with Gasteiger partial charge in [0, 0.05) is 17.5 Å². The van der Waals surface area contributed by atoms with Crippen molar-refractivity contribution >= 4 is 27.4 Å². The number of hydrogen-bond donors (Lipinski definition) is 2. The van der Waals surface area contributed by atoms with Gasteiger partial charge in [0.05, 0.1) is 20.9 Å². The molecule has 2 heterocycles. The monoisotopic (exact) mass is 258 g/mol. The third-order valence-electron chi connectivity index (χ3n) is 2.81. The summed E-state index contributed by atoms with van der Waals surface area (Å²) in [4.78, 5) is 4.66. The predicted molar refractivity (Wildman–Crippen MR) is 75.7 cm³/mol. The largest absolute Gasteiger partial charge is 0.382 e. The van der Waals surface area contributed by atoms with E-state index >= 15 is 0 Å². The Hall–Kier alpha value is -1.88. The molecule has 0 saturated heterocycles. The van der Waals surface area contributed by atoms with Crippen LogP contribution in [0.5, 0.6) is 0 Å². The van der Waals surface area contributed by atoms with Crippen molar-refractivity contribution < 1.29 is 0 Å². The number of nitrogens with one attached hydrogen (secondary N) is 1. The van der Waals surface area contributed by atoms with Gasteiger partial charge in [0.2, 0.25) is 0 Å². The molecule has 0 aliphatic heterocycles. The second-order valence-corrected chi connectivity index (χ2v) is 5.66. The molecule has 0 radical (unpaired) electrons. The van der Waals surface area contributed by atoms with E-state index < -0.39 is 0 Å². The van der Waals surface area contributed by atoms with Crippen molar-refractivity contribution in [3.05, 3.63) is 29.3 Å². The van der Waals surface area contributed by atoms with Gasteiger partial charge in [-0.25, -0.2) is 4.98 Å². The Morgan fingerprint density at radius 1 is 1.28 bits per heavy atom. The molecule has 0 fully saturated rings. The lowest BCUT2D eigenvalue weighted by Crippen LogP contribution is -1.83. The number of thiazole rings is 1. The van der Waals surface area contributed by atoms with Crippen LogP contribution in [0, 0.1) is 0 Å². The molecule has 0 spiro atoms. The van der Waals surface area contributed by atoms with E-state index in [-0.39, 0.29) is 0 Å². The molecular formula is C13H14N4S. The highest BCUT2D eigenvalue weighted by Gasteiger charge is 2.09. The number of anilines is 1. The maximum atomic E-state index is 5.62. The van der Waals surface area contributed by atoms with Gasteiger partial charge in [-0.3, -0.25) is 5.10 Å². The molecule has 3 aromatic rings. The lowest BCUT2D eigenvalue weighted by atomic mass is 10.1. The molecule has 4 nitrogen and oxygen atoms in total. The topological polar surface area (TPSA) is 67.6 Å². The smallest absolute Gasteiger partial charge is 0.145 e. The van der Waals surface area contributed by atoms with E-state index in [2.05, 4.69) is 47.2 Å². The Bertz CT molecular complexity index is 696. The summed E-state index contributed by atoms with van der Waals surface area (Å²) in [7, 11) is 0. The summed E-state index contributed by atoms with van der Waals surface area (Å²) in [5, 5.41) is 8.03. The molecule has 92 valence electrons. The van der Waals surface area contributed by atoms with Crippen LogP contribution in [0.1, 0.15) is 24.8 Å². The number of aromatic amines is 1. The second kappa shape index (κ2) is 4.10. The molecule has 0 amide bonds. The second-order valence-electron chi connectivity index (χ2n) is 4.60. The molecular weight excluding hydrogens is 244 g/mol. The minimum Gasteiger partial charge on any atom is -0.382 e. The van der Waals surface area contributed by atoms with Crippen molar-refractivity contribution in [2.75, 3.05) is 5.73 Å². The van der Waals surface area contributed by atoms with E-state index in [1.54, 1.807) is 11.3 Å². The third kappa shape index (κ3) is 1.86. The molecule has 2 aromatic heterocycles. The van der Waals surface area contributed by atoms with Gasteiger partial charge in [0.1, 0.15) is 5.82 Å². The zero-order valence-electron chi connectivity index (χ0n) is 10.3. The first kappa shape index (κ1) is 11.2. The number of benzene rings is 1. The molecule has 3 rings (SSSR count). The van der Waals surface area contributed by atoms with Gasteiger partial charge in [0.25, 0.3) is 0 Å². The van der Waals surface area contributed by atoms with Crippen LogP contribution in [0.4, 0.5) is 5.82 Å². The highest BCUT2D eigenvalue weighted by molar-refractivity contribution is 7.18. The summed E-state index contributed by atoms with van der Waals surface area (Å²) in [5.41, 5.74) is 8.64. The standard InChI is InChI=1S/C13H14N4S/c1-7(2)13-15-10-5-8(3-4-11(10)18-13)9-6-12(14)17-16-9/h3-7H,1-2H3,(H3,14,16,17). The Kier molecular flexibility index (Phi) is 2.56. The van der Waals surface area contributed by atoms with Gasteiger partial charge >= 0.3 is 0 Å². The van der Waals surface area contributed by atoms with Crippen LogP contribution in [-0.2, 0) is 0 Å². The first-order chi connectivity index (χ1) is 8.63. The van der Waals surface area contributed by atoms with E-state index in [9.17, 15) is 0 Å². The molecule has 18 heavy (non-hydrogen) atoms. The number of nitrogen functional groups attached to an aromatic ring is 1. The summed E-state index contributed by atoms with van der Waals surface area (Å²) in [6.07, 6.45) is 0. The summed E-state index contributed by atoms with van der Waals surface area (Å²) >= 11 is 1.75. The normalized spacial score (nSPS) is 11.5. The molecule has 3 N–H and O–H groups in total. The Morgan fingerprint density at radius 3 is 2.78 bits per heavy atom. The minimum atomic E-state index is 0.466. The Labute approximate surface area is 109 Å². The summed E-state index contributed by atoms with van der Waals surface area (Å²) in [6, 6.07) is 8.07. The highest BCUT2D eigenvalue weighted by atomic mass is 32.1. The van der Waals surface area contributed by atoms with Crippen molar-refractivity contribution in [2.24, 2.45) is 0 Å². The molecule has 0 aliphatic carbocycles. The van der Waals surface area contributed by atoms with Crippen LogP contribution in [0.25, 0.3) is 21.5 Å². The van der Waals surface area contributed by atoms with Gasteiger partial charge in [-0.05, 0) is 12.1 Å². The SMILES string of the molecule is CC(C)c1nc2cc(-c3cc(N)n[nH]3)ccc2s1.